The minimum absolute atomic E-state index is 0.0161. The van der Waals surface area contributed by atoms with Gasteiger partial charge in [-0.25, -0.2) is 0 Å². The molecule has 0 saturated carbocycles. The molecule has 0 spiro atoms. The zero-order chi connectivity index (χ0) is 16.7. The second-order valence-electron chi connectivity index (χ2n) is 5.12. The quantitative estimate of drug-likeness (QED) is 0.578. The Hall–Kier alpha value is -2.44. The highest BCUT2D eigenvalue weighted by molar-refractivity contribution is 5.48. The van der Waals surface area contributed by atoms with Crippen LogP contribution in [0, 0.1) is 10.1 Å². The Balaban J connectivity index is 2.10. The van der Waals surface area contributed by atoms with Gasteiger partial charge in [0.1, 0.15) is 0 Å². The summed E-state index contributed by atoms with van der Waals surface area (Å²) < 4.78 is 5.08. The van der Waals surface area contributed by atoms with Gasteiger partial charge in [-0.15, -0.1) is 0 Å². The van der Waals surface area contributed by atoms with Gasteiger partial charge in [0.2, 0.25) is 0 Å². The molecule has 0 aromatic heterocycles. The molecule has 2 aromatic carbocycles. The molecule has 0 amide bonds. The number of benzene rings is 2. The number of nitro groups is 1. The number of methoxy groups -OCH3 is 1. The Kier molecular flexibility index (Phi) is 6.08. The first-order valence-electron chi connectivity index (χ1n) is 7.36. The highest BCUT2D eigenvalue weighted by Crippen LogP contribution is 2.28. The second kappa shape index (κ2) is 8.26. The predicted octanol–water partition coefficient (Wildman–Crippen LogP) is 2.82. The lowest BCUT2D eigenvalue weighted by atomic mass is 10.0. The van der Waals surface area contributed by atoms with Crippen LogP contribution in [0.1, 0.15) is 23.6 Å². The molecular formula is C17H20N2O4. The molecule has 122 valence electrons. The normalized spacial score (nSPS) is 11.9. The van der Waals surface area contributed by atoms with Crippen molar-refractivity contribution < 1.29 is 14.8 Å². The zero-order valence-corrected chi connectivity index (χ0v) is 12.9. The predicted molar refractivity (Wildman–Crippen MR) is 87.4 cm³/mol. The molecule has 0 saturated heterocycles. The first kappa shape index (κ1) is 16.9. The minimum atomic E-state index is -0.464. The lowest BCUT2D eigenvalue weighted by Gasteiger charge is -2.18. The Morgan fingerprint density at radius 1 is 1.26 bits per heavy atom. The van der Waals surface area contributed by atoms with Gasteiger partial charge >= 0.3 is 5.69 Å². The Bertz CT molecular complexity index is 646. The number of aliphatic hydroxyl groups excluding tert-OH is 1. The molecule has 0 heterocycles. The molecule has 6 heteroatoms. The molecule has 1 atom stereocenters. The molecule has 6 nitrogen and oxygen atoms in total. The molecule has 0 aliphatic carbocycles. The van der Waals surface area contributed by atoms with E-state index in [1.807, 2.05) is 30.3 Å². The van der Waals surface area contributed by atoms with E-state index in [0.29, 0.717) is 13.0 Å². The molecule has 0 radical (unpaired) electrons. The zero-order valence-electron chi connectivity index (χ0n) is 12.9. The van der Waals surface area contributed by atoms with Crippen LogP contribution < -0.4 is 10.1 Å². The van der Waals surface area contributed by atoms with E-state index in [1.165, 1.54) is 13.2 Å². The molecule has 23 heavy (non-hydrogen) atoms. The van der Waals surface area contributed by atoms with Gasteiger partial charge in [-0.3, -0.25) is 10.1 Å². The van der Waals surface area contributed by atoms with Crippen molar-refractivity contribution in [2.75, 3.05) is 13.7 Å². The lowest BCUT2D eigenvalue weighted by Crippen LogP contribution is -2.22. The van der Waals surface area contributed by atoms with Gasteiger partial charge in [0.15, 0.2) is 5.75 Å². The molecular weight excluding hydrogens is 296 g/mol. The van der Waals surface area contributed by atoms with E-state index < -0.39 is 4.92 Å². The summed E-state index contributed by atoms with van der Waals surface area (Å²) in [5.74, 6) is 0.243. The number of hydrogen-bond donors (Lipinski definition) is 2. The van der Waals surface area contributed by atoms with E-state index >= 15 is 0 Å². The average Bonchev–Trinajstić information content (AvgIpc) is 2.58. The maximum absolute atomic E-state index is 10.9. The van der Waals surface area contributed by atoms with Crippen LogP contribution in [0.2, 0.25) is 0 Å². The third-order valence-corrected chi connectivity index (χ3v) is 3.61. The van der Waals surface area contributed by atoms with Crippen LogP contribution in [-0.2, 0) is 6.54 Å². The molecule has 0 bridgehead atoms. The fourth-order valence-corrected chi connectivity index (χ4v) is 2.42. The topological polar surface area (TPSA) is 84.6 Å². The molecule has 2 aromatic rings. The summed E-state index contributed by atoms with van der Waals surface area (Å²) in [6, 6.07) is 14.7. The fraction of sp³-hybridized carbons (Fsp3) is 0.294. The van der Waals surface area contributed by atoms with Gasteiger partial charge in [0.05, 0.1) is 12.0 Å². The summed E-state index contributed by atoms with van der Waals surface area (Å²) in [6.45, 7) is 0.601. The number of aliphatic hydroxyl groups is 1. The van der Waals surface area contributed by atoms with Gasteiger partial charge in [-0.05, 0) is 23.6 Å². The molecule has 0 aliphatic rings. The largest absolute Gasteiger partial charge is 0.490 e. The molecule has 0 fully saturated rings. The van der Waals surface area contributed by atoms with Gasteiger partial charge in [-0.2, -0.15) is 0 Å². The van der Waals surface area contributed by atoms with E-state index in [9.17, 15) is 15.2 Å². The average molecular weight is 316 g/mol. The van der Waals surface area contributed by atoms with Crippen LogP contribution in [0.5, 0.6) is 5.75 Å². The number of nitro benzene ring substituents is 1. The summed E-state index contributed by atoms with van der Waals surface area (Å²) in [5, 5.41) is 23.5. The smallest absolute Gasteiger partial charge is 0.310 e. The van der Waals surface area contributed by atoms with E-state index in [2.05, 4.69) is 5.32 Å². The van der Waals surface area contributed by atoms with Crippen molar-refractivity contribution in [3.63, 3.8) is 0 Å². The number of nitrogens with zero attached hydrogens (tertiary/aromatic N) is 1. The van der Waals surface area contributed by atoms with Crippen molar-refractivity contribution in [2.24, 2.45) is 0 Å². The van der Waals surface area contributed by atoms with E-state index in [0.717, 1.165) is 11.1 Å². The van der Waals surface area contributed by atoms with Gasteiger partial charge in [0, 0.05) is 25.3 Å². The number of ether oxygens (including phenoxy) is 1. The summed E-state index contributed by atoms with van der Waals surface area (Å²) in [4.78, 5) is 10.4. The van der Waals surface area contributed by atoms with Crippen molar-refractivity contribution in [1.29, 1.82) is 0 Å². The van der Waals surface area contributed by atoms with Crippen LogP contribution in [0.3, 0.4) is 0 Å². The fourth-order valence-electron chi connectivity index (χ4n) is 2.42. The molecule has 2 rings (SSSR count). The van der Waals surface area contributed by atoms with E-state index in [4.69, 9.17) is 4.74 Å². The Morgan fingerprint density at radius 2 is 2.00 bits per heavy atom. The summed E-state index contributed by atoms with van der Waals surface area (Å²) >= 11 is 0. The molecule has 1 unspecified atom stereocenters. The highest BCUT2D eigenvalue weighted by atomic mass is 16.6. The number of hydrogen-bond acceptors (Lipinski definition) is 5. The second-order valence-corrected chi connectivity index (χ2v) is 5.12. The van der Waals surface area contributed by atoms with Crippen molar-refractivity contribution in [1.82, 2.24) is 5.32 Å². The van der Waals surface area contributed by atoms with Crippen molar-refractivity contribution in [3.05, 3.63) is 69.8 Å². The molecule has 0 aliphatic heterocycles. The maximum atomic E-state index is 10.9. The van der Waals surface area contributed by atoms with Gasteiger partial charge < -0.3 is 15.2 Å². The minimum Gasteiger partial charge on any atom is -0.490 e. The van der Waals surface area contributed by atoms with Crippen molar-refractivity contribution in [3.8, 4) is 5.75 Å². The Labute approximate surface area is 134 Å². The van der Waals surface area contributed by atoms with Crippen molar-refractivity contribution >= 4 is 5.69 Å². The van der Waals surface area contributed by atoms with Crippen molar-refractivity contribution in [2.45, 2.75) is 19.0 Å². The monoisotopic (exact) mass is 316 g/mol. The van der Waals surface area contributed by atoms with Crippen LogP contribution >= 0.6 is 0 Å². The van der Waals surface area contributed by atoms with Crippen LogP contribution in [0.4, 0.5) is 5.69 Å². The highest BCUT2D eigenvalue weighted by Gasteiger charge is 2.15. The molecule has 2 N–H and O–H groups in total. The van der Waals surface area contributed by atoms with Crippen LogP contribution in [-0.4, -0.2) is 23.7 Å². The summed E-state index contributed by atoms with van der Waals surface area (Å²) in [5.41, 5.74) is 1.92. The van der Waals surface area contributed by atoms with E-state index in [1.54, 1.807) is 12.1 Å². The summed E-state index contributed by atoms with van der Waals surface area (Å²) in [7, 11) is 1.41. The third kappa shape index (κ3) is 4.51. The first-order valence-corrected chi connectivity index (χ1v) is 7.36. The maximum Gasteiger partial charge on any atom is 0.310 e. The van der Waals surface area contributed by atoms with Gasteiger partial charge in [-0.1, -0.05) is 36.4 Å². The third-order valence-electron chi connectivity index (χ3n) is 3.61. The van der Waals surface area contributed by atoms with Crippen LogP contribution in [0.15, 0.2) is 48.5 Å². The Morgan fingerprint density at radius 3 is 2.61 bits per heavy atom. The lowest BCUT2D eigenvalue weighted by molar-refractivity contribution is -0.385. The summed E-state index contributed by atoms with van der Waals surface area (Å²) in [6.07, 6.45) is 0.591. The first-order chi connectivity index (χ1) is 11.2. The van der Waals surface area contributed by atoms with Crippen LogP contribution in [0.25, 0.3) is 0 Å². The number of nitrogens with one attached hydrogen (secondary N) is 1. The van der Waals surface area contributed by atoms with E-state index in [-0.39, 0.29) is 24.1 Å². The number of rotatable bonds is 8. The standard InChI is InChI=1S/C17H20N2O4/c1-23-17-11-13(7-8-16(17)19(21)22)12-18-15(9-10-20)14-5-3-2-4-6-14/h2-8,11,15,18,20H,9-10,12H2,1H3. The van der Waals surface area contributed by atoms with Gasteiger partial charge in [0.25, 0.3) is 0 Å². The SMILES string of the molecule is COc1cc(CNC(CCO)c2ccccc2)ccc1[N+](=O)[O-].